The lowest BCUT2D eigenvalue weighted by Gasteiger charge is -2.35. The van der Waals surface area contributed by atoms with E-state index in [1.807, 2.05) is 0 Å². The van der Waals surface area contributed by atoms with Crippen molar-refractivity contribution in [3.05, 3.63) is 35.6 Å². The van der Waals surface area contributed by atoms with Crippen LogP contribution in [0.3, 0.4) is 0 Å². The Hall–Kier alpha value is -1.42. The first kappa shape index (κ1) is 16.0. The second kappa shape index (κ2) is 7.03. The third-order valence-corrected chi connectivity index (χ3v) is 4.68. The average molecular weight is 293 g/mol. The zero-order valence-electron chi connectivity index (χ0n) is 12.6. The molecule has 0 amide bonds. The van der Waals surface area contributed by atoms with E-state index in [0.29, 0.717) is 12.3 Å². The van der Waals surface area contributed by atoms with Crippen molar-refractivity contribution >= 4 is 5.97 Å². The van der Waals surface area contributed by atoms with Crippen LogP contribution in [0.25, 0.3) is 0 Å². The van der Waals surface area contributed by atoms with E-state index in [9.17, 15) is 9.18 Å². The van der Waals surface area contributed by atoms with Gasteiger partial charge in [0.05, 0.1) is 7.11 Å². The molecule has 0 bridgehead atoms. The summed E-state index contributed by atoms with van der Waals surface area (Å²) in [6.45, 7) is 0.182. The van der Waals surface area contributed by atoms with E-state index < -0.39 is 5.41 Å². The second-order valence-corrected chi connectivity index (χ2v) is 5.99. The lowest BCUT2D eigenvalue weighted by Crippen LogP contribution is -2.45. The van der Waals surface area contributed by atoms with E-state index in [2.05, 4.69) is 0 Å². The molecule has 0 spiro atoms. The number of carbonyl (C=O) groups excluding carboxylic acids is 1. The van der Waals surface area contributed by atoms with Crippen molar-refractivity contribution in [3.63, 3.8) is 0 Å². The Balaban J connectivity index is 2.32. The summed E-state index contributed by atoms with van der Waals surface area (Å²) in [5.41, 5.74) is 5.87. The van der Waals surface area contributed by atoms with Crippen LogP contribution in [-0.2, 0) is 14.9 Å². The fourth-order valence-corrected chi connectivity index (χ4v) is 3.45. The van der Waals surface area contributed by atoms with Gasteiger partial charge in [0.25, 0.3) is 0 Å². The highest BCUT2D eigenvalue weighted by atomic mass is 19.1. The summed E-state index contributed by atoms with van der Waals surface area (Å²) in [7, 11) is 1.39. The van der Waals surface area contributed by atoms with Crippen LogP contribution in [0.2, 0.25) is 0 Å². The van der Waals surface area contributed by atoms with Gasteiger partial charge in [0.2, 0.25) is 0 Å². The molecule has 0 aliphatic heterocycles. The van der Waals surface area contributed by atoms with Crippen LogP contribution in [0.5, 0.6) is 0 Å². The lowest BCUT2D eigenvalue weighted by molar-refractivity contribution is -0.148. The lowest BCUT2D eigenvalue weighted by atomic mass is 9.70. The highest BCUT2D eigenvalue weighted by Crippen LogP contribution is 2.37. The minimum atomic E-state index is -0.857. The Morgan fingerprint density at radius 3 is 2.43 bits per heavy atom. The van der Waals surface area contributed by atoms with Crippen LogP contribution in [0.4, 0.5) is 4.39 Å². The summed E-state index contributed by atoms with van der Waals surface area (Å²) in [4.78, 5) is 12.4. The monoisotopic (exact) mass is 293 g/mol. The molecule has 1 fully saturated rings. The Morgan fingerprint density at radius 1 is 1.29 bits per heavy atom. The number of benzene rings is 1. The third-order valence-electron chi connectivity index (χ3n) is 4.68. The number of carbonyl (C=O) groups is 1. The maximum absolute atomic E-state index is 13.2. The van der Waals surface area contributed by atoms with Gasteiger partial charge in [0.1, 0.15) is 11.2 Å². The van der Waals surface area contributed by atoms with Crippen LogP contribution in [0.1, 0.15) is 44.1 Å². The first-order valence-corrected chi connectivity index (χ1v) is 7.67. The van der Waals surface area contributed by atoms with Gasteiger partial charge in [0.15, 0.2) is 0 Å². The standard InChI is InChI=1S/C17H24FNO2/c1-21-16(20)17(12-19,11-13-5-3-2-4-6-13)14-7-9-15(18)10-8-14/h7-10,13H,2-6,11-12,19H2,1H3. The molecule has 1 aliphatic carbocycles. The summed E-state index contributed by atoms with van der Waals surface area (Å²) >= 11 is 0. The van der Waals surface area contributed by atoms with Gasteiger partial charge in [-0.05, 0) is 30.0 Å². The van der Waals surface area contributed by atoms with Crippen LogP contribution < -0.4 is 5.73 Å². The highest BCUT2D eigenvalue weighted by Gasteiger charge is 2.42. The fourth-order valence-electron chi connectivity index (χ4n) is 3.45. The number of rotatable bonds is 5. The molecule has 0 radical (unpaired) electrons. The maximum Gasteiger partial charge on any atom is 0.317 e. The molecule has 1 saturated carbocycles. The van der Waals surface area contributed by atoms with Gasteiger partial charge in [-0.3, -0.25) is 4.79 Å². The van der Waals surface area contributed by atoms with Crippen molar-refractivity contribution in [2.75, 3.05) is 13.7 Å². The van der Waals surface area contributed by atoms with Gasteiger partial charge in [-0.1, -0.05) is 44.2 Å². The molecular weight excluding hydrogens is 269 g/mol. The van der Waals surface area contributed by atoms with E-state index in [1.165, 1.54) is 38.5 Å². The normalized spacial score (nSPS) is 19.0. The molecular formula is C17H24FNO2. The quantitative estimate of drug-likeness (QED) is 0.848. The molecule has 2 rings (SSSR count). The minimum Gasteiger partial charge on any atom is -0.468 e. The fraction of sp³-hybridized carbons (Fsp3) is 0.588. The molecule has 1 aromatic carbocycles. The molecule has 1 aliphatic rings. The zero-order valence-corrected chi connectivity index (χ0v) is 12.6. The smallest absolute Gasteiger partial charge is 0.317 e. The topological polar surface area (TPSA) is 52.3 Å². The number of methoxy groups -OCH3 is 1. The molecule has 0 saturated heterocycles. The number of nitrogens with two attached hydrogens (primary N) is 1. The number of esters is 1. The van der Waals surface area contributed by atoms with E-state index in [4.69, 9.17) is 10.5 Å². The van der Waals surface area contributed by atoms with Gasteiger partial charge < -0.3 is 10.5 Å². The Morgan fingerprint density at radius 2 is 1.90 bits per heavy atom. The summed E-state index contributed by atoms with van der Waals surface area (Å²) < 4.78 is 18.2. The van der Waals surface area contributed by atoms with Crippen molar-refractivity contribution in [2.24, 2.45) is 11.7 Å². The summed E-state index contributed by atoms with van der Waals surface area (Å²) in [6.07, 6.45) is 6.61. The number of halogens is 1. The van der Waals surface area contributed by atoms with Gasteiger partial charge >= 0.3 is 5.97 Å². The molecule has 1 atom stereocenters. The molecule has 116 valence electrons. The van der Waals surface area contributed by atoms with E-state index in [0.717, 1.165) is 18.4 Å². The molecule has 0 aromatic heterocycles. The molecule has 0 heterocycles. The summed E-state index contributed by atoms with van der Waals surface area (Å²) in [5.74, 6) is -0.152. The van der Waals surface area contributed by atoms with Crippen LogP contribution >= 0.6 is 0 Å². The van der Waals surface area contributed by atoms with Crippen molar-refractivity contribution in [1.29, 1.82) is 0 Å². The van der Waals surface area contributed by atoms with Crippen molar-refractivity contribution in [3.8, 4) is 0 Å². The SMILES string of the molecule is COC(=O)C(CN)(CC1CCCCC1)c1ccc(F)cc1. The van der Waals surface area contributed by atoms with Crippen molar-refractivity contribution in [2.45, 2.75) is 43.9 Å². The molecule has 1 aromatic rings. The second-order valence-electron chi connectivity index (χ2n) is 5.99. The summed E-state index contributed by atoms with van der Waals surface area (Å²) in [5, 5.41) is 0. The van der Waals surface area contributed by atoms with Crippen LogP contribution in [-0.4, -0.2) is 19.6 Å². The van der Waals surface area contributed by atoms with Gasteiger partial charge in [-0.15, -0.1) is 0 Å². The largest absolute Gasteiger partial charge is 0.468 e. The van der Waals surface area contributed by atoms with Gasteiger partial charge in [-0.2, -0.15) is 0 Å². The van der Waals surface area contributed by atoms with Crippen molar-refractivity contribution < 1.29 is 13.9 Å². The number of hydrogen-bond donors (Lipinski definition) is 1. The van der Waals surface area contributed by atoms with Crippen LogP contribution in [0.15, 0.2) is 24.3 Å². The molecule has 4 heteroatoms. The number of ether oxygens (including phenoxy) is 1. The minimum absolute atomic E-state index is 0.182. The highest BCUT2D eigenvalue weighted by molar-refractivity contribution is 5.83. The maximum atomic E-state index is 13.2. The van der Waals surface area contributed by atoms with E-state index in [-0.39, 0.29) is 18.3 Å². The molecule has 2 N–H and O–H groups in total. The molecule has 1 unspecified atom stereocenters. The Labute approximate surface area is 125 Å². The van der Waals surface area contributed by atoms with E-state index >= 15 is 0 Å². The van der Waals surface area contributed by atoms with Gasteiger partial charge in [0, 0.05) is 6.54 Å². The van der Waals surface area contributed by atoms with Crippen molar-refractivity contribution in [1.82, 2.24) is 0 Å². The average Bonchev–Trinajstić information content (AvgIpc) is 2.54. The van der Waals surface area contributed by atoms with Gasteiger partial charge in [-0.25, -0.2) is 4.39 Å². The third kappa shape index (κ3) is 3.43. The summed E-state index contributed by atoms with van der Waals surface area (Å²) in [6, 6.07) is 6.07. The first-order chi connectivity index (χ1) is 10.1. The van der Waals surface area contributed by atoms with Crippen LogP contribution in [0, 0.1) is 11.7 Å². The number of hydrogen-bond acceptors (Lipinski definition) is 3. The van der Waals surface area contributed by atoms with E-state index in [1.54, 1.807) is 12.1 Å². The predicted molar refractivity (Wildman–Crippen MR) is 80.3 cm³/mol. The zero-order chi connectivity index (χ0) is 15.3. The first-order valence-electron chi connectivity index (χ1n) is 7.67. The Kier molecular flexibility index (Phi) is 5.34. The molecule has 21 heavy (non-hydrogen) atoms. The Bertz CT molecular complexity index is 468. The predicted octanol–water partition coefficient (Wildman–Crippen LogP) is 3.17. The molecule has 3 nitrogen and oxygen atoms in total.